The predicted molar refractivity (Wildman–Crippen MR) is 83.1 cm³/mol. The van der Waals surface area contributed by atoms with Gasteiger partial charge in [-0.2, -0.15) is 0 Å². The Morgan fingerprint density at radius 1 is 1.43 bits per heavy atom. The van der Waals surface area contributed by atoms with Crippen molar-refractivity contribution in [3.05, 3.63) is 29.6 Å². The van der Waals surface area contributed by atoms with E-state index >= 15 is 0 Å². The normalized spacial score (nSPS) is 12.2. The molecule has 0 saturated heterocycles. The first kappa shape index (κ1) is 17.4. The van der Waals surface area contributed by atoms with Crippen LogP contribution in [-0.2, 0) is 11.3 Å². The summed E-state index contributed by atoms with van der Waals surface area (Å²) in [5, 5.41) is 11.8. The van der Waals surface area contributed by atoms with Gasteiger partial charge in [0.25, 0.3) is 0 Å². The van der Waals surface area contributed by atoms with Gasteiger partial charge in [-0.05, 0) is 37.1 Å². The van der Waals surface area contributed by atoms with Crippen LogP contribution in [0, 0.1) is 5.82 Å². The highest BCUT2D eigenvalue weighted by Crippen LogP contribution is 2.21. The second-order valence-electron chi connectivity index (χ2n) is 5.34. The Bertz CT molecular complexity index is 466. The summed E-state index contributed by atoms with van der Waals surface area (Å²) in [5.41, 5.74) is 1.72. The van der Waals surface area contributed by atoms with Gasteiger partial charge < -0.3 is 15.3 Å². The number of aliphatic carboxylic acids is 1. The molecule has 0 aliphatic rings. The third-order valence-corrected chi connectivity index (χ3v) is 3.52. The summed E-state index contributed by atoms with van der Waals surface area (Å²) in [5.74, 6) is -1.22. The van der Waals surface area contributed by atoms with Gasteiger partial charge in [0.2, 0.25) is 0 Å². The molecule has 1 atom stereocenters. The van der Waals surface area contributed by atoms with Crippen LogP contribution in [0.1, 0.15) is 38.7 Å². The molecule has 0 aromatic heterocycles. The largest absolute Gasteiger partial charge is 0.480 e. The number of hydrogen-bond acceptors (Lipinski definition) is 3. The molecular formula is C16H25FN2O2. The van der Waals surface area contributed by atoms with E-state index in [1.165, 1.54) is 12.1 Å². The number of nitrogens with one attached hydrogen (secondary N) is 1. The molecule has 1 rings (SSSR count). The van der Waals surface area contributed by atoms with E-state index in [2.05, 4.69) is 17.1 Å². The summed E-state index contributed by atoms with van der Waals surface area (Å²) in [6, 6.07) is 4.00. The number of carboxylic acids is 1. The SMILES string of the molecule is CCCCCN(C)c1ccc(F)cc1CN[C@@H](C)C(=O)O. The summed E-state index contributed by atoms with van der Waals surface area (Å²) < 4.78 is 13.4. The third-order valence-electron chi connectivity index (χ3n) is 3.52. The van der Waals surface area contributed by atoms with Gasteiger partial charge in [0, 0.05) is 25.8 Å². The second kappa shape index (κ2) is 8.62. The molecule has 0 unspecified atom stereocenters. The molecular weight excluding hydrogens is 271 g/mol. The Kier molecular flexibility index (Phi) is 7.15. The molecule has 0 radical (unpaired) electrons. The van der Waals surface area contributed by atoms with Crippen LogP contribution >= 0.6 is 0 Å². The summed E-state index contributed by atoms with van der Waals surface area (Å²) in [4.78, 5) is 12.9. The predicted octanol–water partition coefficient (Wildman–Crippen LogP) is 3.01. The molecule has 0 fully saturated rings. The van der Waals surface area contributed by atoms with Crippen LogP contribution in [0.3, 0.4) is 0 Å². The number of rotatable bonds is 9. The van der Waals surface area contributed by atoms with E-state index < -0.39 is 12.0 Å². The lowest BCUT2D eigenvalue weighted by Crippen LogP contribution is -2.33. The topological polar surface area (TPSA) is 52.6 Å². The average Bonchev–Trinajstić information content (AvgIpc) is 2.44. The van der Waals surface area contributed by atoms with Gasteiger partial charge in [-0.25, -0.2) is 4.39 Å². The Morgan fingerprint density at radius 3 is 2.76 bits per heavy atom. The zero-order chi connectivity index (χ0) is 15.8. The van der Waals surface area contributed by atoms with E-state index in [0.29, 0.717) is 6.54 Å². The quantitative estimate of drug-likeness (QED) is 0.688. The number of halogens is 1. The standard InChI is InChI=1S/C16H25FN2O2/c1-4-5-6-9-19(3)15-8-7-14(17)10-13(15)11-18-12(2)16(20)21/h7-8,10,12,18H,4-6,9,11H2,1-3H3,(H,20,21)/t12-/m0/s1. The zero-order valence-corrected chi connectivity index (χ0v) is 13.0. The van der Waals surface area contributed by atoms with Crippen molar-refractivity contribution in [3.63, 3.8) is 0 Å². The van der Waals surface area contributed by atoms with E-state index in [-0.39, 0.29) is 5.82 Å². The minimum Gasteiger partial charge on any atom is -0.480 e. The maximum atomic E-state index is 13.4. The van der Waals surface area contributed by atoms with Crippen molar-refractivity contribution in [1.29, 1.82) is 0 Å². The van der Waals surface area contributed by atoms with Crippen molar-refractivity contribution < 1.29 is 14.3 Å². The summed E-state index contributed by atoms with van der Waals surface area (Å²) in [6.45, 7) is 4.96. The molecule has 0 bridgehead atoms. The summed E-state index contributed by atoms with van der Waals surface area (Å²) >= 11 is 0. The maximum absolute atomic E-state index is 13.4. The van der Waals surface area contributed by atoms with Crippen LogP contribution in [-0.4, -0.2) is 30.7 Å². The Hall–Kier alpha value is -1.62. The van der Waals surface area contributed by atoms with Gasteiger partial charge in [-0.1, -0.05) is 19.8 Å². The molecule has 0 amide bonds. The molecule has 118 valence electrons. The molecule has 0 heterocycles. The highest BCUT2D eigenvalue weighted by atomic mass is 19.1. The molecule has 1 aromatic carbocycles. The summed E-state index contributed by atoms with van der Waals surface area (Å²) in [7, 11) is 1.98. The smallest absolute Gasteiger partial charge is 0.320 e. The van der Waals surface area contributed by atoms with Crippen LogP contribution in [0.2, 0.25) is 0 Å². The first-order chi connectivity index (χ1) is 9.95. The fourth-order valence-electron chi connectivity index (χ4n) is 2.14. The molecule has 0 saturated carbocycles. The molecule has 0 aliphatic heterocycles. The van der Waals surface area contributed by atoms with Gasteiger partial charge in [0.1, 0.15) is 11.9 Å². The number of hydrogen-bond donors (Lipinski definition) is 2. The Balaban J connectivity index is 2.76. The lowest BCUT2D eigenvalue weighted by atomic mass is 10.1. The third kappa shape index (κ3) is 5.71. The zero-order valence-electron chi connectivity index (χ0n) is 13.0. The minimum atomic E-state index is -0.913. The van der Waals surface area contributed by atoms with E-state index in [0.717, 1.165) is 37.1 Å². The van der Waals surface area contributed by atoms with Gasteiger partial charge >= 0.3 is 5.97 Å². The molecule has 5 heteroatoms. The number of anilines is 1. The summed E-state index contributed by atoms with van der Waals surface area (Å²) in [6.07, 6.45) is 3.40. The molecule has 1 aromatic rings. The van der Waals surface area contributed by atoms with Crippen molar-refractivity contribution in [3.8, 4) is 0 Å². The van der Waals surface area contributed by atoms with Crippen molar-refractivity contribution in [2.75, 3.05) is 18.5 Å². The lowest BCUT2D eigenvalue weighted by molar-refractivity contribution is -0.139. The fraction of sp³-hybridized carbons (Fsp3) is 0.562. The van der Waals surface area contributed by atoms with Gasteiger partial charge in [0.15, 0.2) is 0 Å². The van der Waals surface area contributed by atoms with Gasteiger partial charge in [0.05, 0.1) is 0 Å². The Labute approximate surface area is 126 Å². The van der Waals surface area contributed by atoms with Crippen molar-refractivity contribution in [2.24, 2.45) is 0 Å². The van der Waals surface area contributed by atoms with E-state index in [1.807, 2.05) is 7.05 Å². The Morgan fingerprint density at radius 2 is 2.14 bits per heavy atom. The molecule has 4 nitrogen and oxygen atoms in total. The number of unbranched alkanes of at least 4 members (excludes halogenated alkanes) is 2. The second-order valence-corrected chi connectivity index (χ2v) is 5.34. The van der Waals surface area contributed by atoms with Gasteiger partial charge in [-0.15, -0.1) is 0 Å². The van der Waals surface area contributed by atoms with Crippen LogP contribution in [0.5, 0.6) is 0 Å². The minimum absolute atomic E-state index is 0.305. The first-order valence-electron chi connectivity index (χ1n) is 7.41. The highest BCUT2D eigenvalue weighted by Gasteiger charge is 2.13. The molecule has 21 heavy (non-hydrogen) atoms. The first-order valence-corrected chi connectivity index (χ1v) is 7.41. The van der Waals surface area contributed by atoms with Crippen LogP contribution in [0.4, 0.5) is 10.1 Å². The van der Waals surface area contributed by atoms with Crippen LogP contribution in [0.25, 0.3) is 0 Å². The average molecular weight is 296 g/mol. The molecule has 0 spiro atoms. The van der Waals surface area contributed by atoms with E-state index in [4.69, 9.17) is 5.11 Å². The monoisotopic (exact) mass is 296 g/mol. The fourth-order valence-corrected chi connectivity index (χ4v) is 2.14. The highest BCUT2D eigenvalue weighted by molar-refractivity contribution is 5.72. The number of benzene rings is 1. The molecule has 2 N–H and O–H groups in total. The molecule has 0 aliphatic carbocycles. The number of carboxylic acid groups (broad SMARTS) is 1. The van der Waals surface area contributed by atoms with Crippen molar-refractivity contribution in [2.45, 2.75) is 45.7 Å². The van der Waals surface area contributed by atoms with E-state index in [1.54, 1.807) is 13.0 Å². The number of carbonyl (C=O) groups is 1. The van der Waals surface area contributed by atoms with Crippen molar-refractivity contribution >= 4 is 11.7 Å². The van der Waals surface area contributed by atoms with Crippen LogP contribution < -0.4 is 10.2 Å². The maximum Gasteiger partial charge on any atom is 0.320 e. The number of nitrogens with zero attached hydrogens (tertiary/aromatic N) is 1. The van der Waals surface area contributed by atoms with Gasteiger partial charge in [-0.3, -0.25) is 4.79 Å². The van der Waals surface area contributed by atoms with Crippen molar-refractivity contribution in [1.82, 2.24) is 5.32 Å². The van der Waals surface area contributed by atoms with E-state index in [9.17, 15) is 9.18 Å². The van der Waals surface area contributed by atoms with Crippen LogP contribution in [0.15, 0.2) is 18.2 Å². The lowest BCUT2D eigenvalue weighted by Gasteiger charge is -2.23.